The molecule has 3 nitrogen and oxygen atoms in total. The summed E-state index contributed by atoms with van der Waals surface area (Å²) in [6.07, 6.45) is -47.7. The number of halogens is 20. The molecule has 0 saturated carbocycles. The molecular formula is C14H10F20O3P+. The molecule has 0 radical (unpaired) electrons. The van der Waals surface area contributed by atoms with Crippen molar-refractivity contribution in [1.29, 1.82) is 0 Å². The maximum atomic E-state index is 13.2. The van der Waals surface area contributed by atoms with Gasteiger partial charge in [0, 0.05) is 4.57 Å². The zero-order valence-corrected chi connectivity index (χ0v) is 18.1. The maximum Gasteiger partial charge on any atom is 0.697 e. The summed E-state index contributed by atoms with van der Waals surface area (Å²) in [4.78, 5) is 0. The van der Waals surface area contributed by atoms with E-state index in [1.807, 2.05) is 0 Å². The van der Waals surface area contributed by atoms with E-state index in [-0.39, 0.29) is 0 Å². The van der Waals surface area contributed by atoms with E-state index < -0.39 is 94.5 Å². The van der Waals surface area contributed by atoms with Crippen LogP contribution in [0.25, 0.3) is 0 Å². The first-order valence-corrected chi connectivity index (χ1v) is 9.94. The average Bonchev–Trinajstić information content (AvgIpc) is 2.55. The second-order valence-electron chi connectivity index (χ2n) is 7.30. The Kier molecular flexibility index (Phi) is 10.8. The van der Waals surface area contributed by atoms with Crippen molar-refractivity contribution < 1.29 is 101 Å². The number of rotatable bonds is 12. The Bertz CT molecular complexity index is 675. The van der Waals surface area contributed by atoms with Gasteiger partial charge in [-0.25, -0.2) is 0 Å². The highest BCUT2D eigenvalue weighted by molar-refractivity contribution is 7.33. The molecule has 0 unspecified atom stereocenters. The van der Waals surface area contributed by atoms with Crippen LogP contribution in [0.3, 0.4) is 0 Å². The molecule has 0 aliphatic heterocycles. The Hall–Kier alpha value is -1.38. The van der Waals surface area contributed by atoms with Gasteiger partial charge in [-0.3, -0.25) is 0 Å². The quantitative estimate of drug-likeness (QED) is 0.159. The Morgan fingerprint density at radius 1 is 0.395 bits per heavy atom. The maximum absolute atomic E-state index is 13.2. The van der Waals surface area contributed by atoms with Crippen LogP contribution in [-0.2, 0) is 13.6 Å². The average molecular weight is 637 g/mol. The molecule has 0 rings (SSSR count). The van der Waals surface area contributed by atoms with Crippen LogP contribution in [-0.4, -0.2) is 60.6 Å². The number of alkyl halides is 20. The summed E-state index contributed by atoms with van der Waals surface area (Å²) in [5, 5.41) is 0. The summed E-state index contributed by atoms with van der Waals surface area (Å²) in [5.74, 6) is -24.9. The van der Waals surface area contributed by atoms with Crippen LogP contribution in [0.4, 0.5) is 87.8 Å². The first-order valence-electron chi connectivity index (χ1n) is 8.85. The monoisotopic (exact) mass is 637 g/mol. The van der Waals surface area contributed by atoms with Crippen molar-refractivity contribution in [3.05, 3.63) is 0 Å². The Morgan fingerprint density at radius 3 is 0.684 bits per heavy atom. The zero-order valence-electron chi connectivity index (χ0n) is 17.2. The highest BCUT2D eigenvalue weighted by atomic mass is 31.1. The van der Waals surface area contributed by atoms with Gasteiger partial charge in [-0.1, -0.05) is 0 Å². The molecule has 0 aliphatic rings. The first-order chi connectivity index (χ1) is 16.3. The largest absolute Gasteiger partial charge is 0.697 e. The summed E-state index contributed by atoms with van der Waals surface area (Å²) in [6, 6.07) is 0. The number of hydrogen-bond acceptors (Lipinski definition) is 3. The fourth-order valence-corrected chi connectivity index (χ4v) is 3.00. The molecule has 0 amide bonds. The van der Waals surface area contributed by atoms with Crippen molar-refractivity contribution in [2.24, 2.45) is 0 Å². The summed E-state index contributed by atoms with van der Waals surface area (Å²) < 4.78 is 271. The summed E-state index contributed by atoms with van der Waals surface area (Å²) >= 11 is 0. The fraction of sp³-hybridized carbons (Fsp3) is 1.00. The van der Waals surface area contributed by atoms with Gasteiger partial charge >= 0.3 is 56.7 Å². The van der Waals surface area contributed by atoms with Crippen LogP contribution in [0.5, 0.6) is 0 Å². The standard InChI is InChI=1S/C14H10F20O3P/c15-7(16,11(23,24)25)1-5(2-8(17,18)12(26,27)28)36-38(35)37-6(3-9(19,20)13(29,30)31)4-10(21,22)14(32,33)34/h5-6H,1-4H2/q+1. The van der Waals surface area contributed by atoms with Crippen LogP contribution in [0.2, 0.25) is 0 Å². The molecule has 24 heteroatoms. The molecule has 0 atom stereocenters. The van der Waals surface area contributed by atoms with E-state index in [4.69, 9.17) is 0 Å². The van der Waals surface area contributed by atoms with E-state index in [0.717, 1.165) is 0 Å². The predicted octanol–water partition coefficient (Wildman–Crippen LogP) is 8.77. The molecule has 0 heterocycles. The van der Waals surface area contributed by atoms with E-state index >= 15 is 0 Å². The van der Waals surface area contributed by atoms with Gasteiger partial charge in [0.1, 0.15) is 12.2 Å². The second kappa shape index (κ2) is 11.2. The van der Waals surface area contributed by atoms with Crippen molar-refractivity contribution in [2.75, 3.05) is 0 Å². The van der Waals surface area contributed by atoms with Crippen LogP contribution in [0.15, 0.2) is 0 Å². The lowest BCUT2D eigenvalue weighted by Crippen LogP contribution is -2.45. The smallest absolute Gasteiger partial charge is 0.196 e. The Balaban J connectivity index is 6.17. The molecule has 0 aromatic rings. The van der Waals surface area contributed by atoms with Gasteiger partial charge in [0.25, 0.3) is 0 Å². The molecule has 0 fully saturated rings. The molecular weight excluding hydrogens is 627 g/mol. The van der Waals surface area contributed by atoms with E-state index in [1.54, 1.807) is 0 Å². The zero-order chi connectivity index (χ0) is 31.0. The lowest BCUT2D eigenvalue weighted by Gasteiger charge is -2.27. The molecule has 228 valence electrons. The second-order valence-corrected chi connectivity index (χ2v) is 8.17. The Morgan fingerprint density at radius 2 is 0.553 bits per heavy atom. The van der Waals surface area contributed by atoms with Crippen LogP contribution >= 0.6 is 8.25 Å². The van der Waals surface area contributed by atoms with E-state index in [1.165, 1.54) is 0 Å². The fourth-order valence-electron chi connectivity index (χ4n) is 2.17. The van der Waals surface area contributed by atoms with E-state index in [2.05, 4.69) is 9.05 Å². The summed E-state index contributed by atoms with van der Waals surface area (Å²) in [7, 11) is -5.07. The molecule has 0 aromatic heterocycles. The molecule has 0 bridgehead atoms. The SMILES string of the molecule is O=[P+](OC(CC(F)(F)C(F)(F)F)CC(F)(F)C(F)(F)F)OC(CC(F)(F)C(F)(F)F)CC(F)(F)C(F)(F)F. The minimum Gasteiger partial charge on any atom is -0.196 e. The van der Waals surface area contributed by atoms with E-state index in [9.17, 15) is 92.4 Å². The van der Waals surface area contributed by atoms with Crippen molar-refractivity contribution >= 4 is 8.25 Å². The highest BCUT2D eigenvalue weighted by Crippen LogP contribution is 2.49. The molecule has 0 N–H and O–H groups in total. The first kappa shape index (κ1) is 36.6. The van der Waals surface area contributed by atoms with Crippen LogP contribution < -0.4 is 0 Å². The van der Waals surface area contributed by atoms with Crippen LogP contribution in [0.1, 0.15) is 25.7 Å². The summed E-state index contributed by atoms with van der Waals surface area (Å²) in [6.45, 7) is 0. The van der Waals surface area contributed by atoms with Gasteiger partial charge in [0.15, 0.2) is 0 Å². The minimum atomic E-state index is -6.71. The third kappa shape index (κ3) is 9.98. The van der Waals surface area contributed by atoms with Gasteiger partial charge in [0.2, 0.25) is 0 Å². The minimum absolute atomic E-state index is 3.26. The Labute approximate surface area is 197 Å². The molecule has 0 saturated heterocycles. The molecule has 0 spiro atoms. The highest BCUT2D eigenvalue weighted by Gasteiger charge is 2.65. The molecule has 0 aromatic carbocycles. The van der Waals surface area contributed by atoms with Crippen molar-refractivity contribution in [1.82, 2.24) is 0 Å². The number of hydrogen-bond donors (Lipinski definition) is 0. The van der Waals surface area contributed by atoms with Gasteiger partial charge < -0.3 is 0 Å². The predicted molar refractivity (Wildman–Crippen MR) is 79.8 cm³/mol. The lowest BCUT2D eigenvalue weighted by atomic mass is 10.0. The summed E-state index contributed by atoms with van der Waals surface area (Å²) in [5.41, 5.74) is 0. The van der Waals surface area contributed by atoms with Gasteiger partial charge in [-0.15, -0.1) is 9.05 Å². The van der Waals surface area contributed by atoms with Crippen molar-refractivity contribution in [2.45, 2.75) is 86.3 Å². The molecule has 38 heavy (non-hydrogen) atoms. The van der Waals surface area contributed by atoms with E-state index in [0.29, 0.717) is 0 Å². The van der Waals surface area contributed by atoms with Crippen molar-refractivity contribution in [3.8, 4) is 0 Å². The van der Waals surface area contributed by atoms with Crippen molar-refractivity contribution in [3.63, 3.8) is 0 Å². The molecule has 0 aliphatic carbocycles. The van der Waals surface area contributed by atoms with Crippen LogP contribution in [0, 0.1) is 0 Å². The third-order valence-corrected chi connectivity index (χ3v) is 5.01. The lowest BCUT2D eigenvalue weighted by molar-refractivity contribution is -0.306. The van der Waals surface area contributed by atoms with Gasteiger partial charge in [0.05, 0.1) is 25.7 Å². The topological polar surface area (TPSA) is 35.5 Å². The van der Waals surface area contributed by atoms with Gasteiger partial charge in [-0.2, -0.15) is 87.8 Å². The normalized spacial score (nSPS) is 15.5. The van der Waals surface area contributed by atoms with Gasteiger partial charge in [-0.05, 0) is 0 Å². The third-order valence-electron chi connectivity index (χ3n) is 4.07.